The molecule has 1 aromatic carbocycles. The standard InChI is InChI=1S/C17H28N2O.ClH/c1-3-5-12-15(9-4-2)19-17(20)13-16(18)14-10-7-6-8-11-14;/h6-8,10-11,15-16H,3-5,9,12-13,18H2,1-2H3,(H,19,20);1H. The number of carbonyl (C=O) groups excluding carboxylic acids is 1. The van der Waals surface area contributed by atoms with Gasteiger partial charge in [0.1, 0.15) is 0 Å². The lowest BCUT2D eigenvalue weighted by molar-refractivity contribution is -0.122. The Hall–Kier alpha value is -1.06. The summed E-state index contributed by atoms with van der Waals surface area (Å²) in [7, 11) is 0. The minimum atomic E-state index is -0.218. The Morgan fingerprint density at radius 3 is 2.38 bits per heavy atom. The van der Waals surface area contributed by atoms with E-state index in [1.807, 2.05) is 30.3 Å². The molecule has 0 aliphatic heterocycles. The minimum Gasteiger partial charge on any atom is -0.353 e. The number of hydrogen-bond donors (Lipinski definition) is 2. The number of benzene rings is 1. The van der Waals surface area contributed by atoms with Crippen molar-refractivity contribution in [1.29, 1.82) is 0 Å². The Morgan fingerprint density at radius 1 is 1.14 bits per heavy atom. The smallest absolute Gasteiger partial charge is 0.222 e. The van der Waals surface area contributed by atoms with Crippen molar-refractivity contribution in [2.75, 3.05) is 0 Å². The Kier molecular flexibility index (Phi) is 11.0. The molecule has 1 amide bonds. The van der Waals surface area contributed by atoms with Crippen molar-refractivity contribution in [3.63, 3.8) is 0 Å². The SMILES string of the molecule is CCCCC(CCC)NC(=O)CC(N)c1ccccc1.Cl. The fraction of sp³-hybridized carbons (Fsp3) is 0.588. The lowest BCUT2D eigenvalue weighted by atomic mass is 10.0. The highest BCUT2D eigenvalue weighted by molar-refractivity contribution is 5.85. The maximum absolute atomic E-state index is 12.1. The molecular weight excluding hydrogens is 284 g/mol. The van der Waals surface area contributed by atoms with Gasteiger partial charge in [0, 0.05) is 18.5 Å². The molecule has 2 unspecified atom stereocenters. The van der Waals surface area contributed by atoms with E-state index in [-0.39, 0.29) is 24.4 Å². The van der Waals surface area contributed by atoms with Crippen molar-refractivity contribution >= 4 is 18.3 Å². The number of carbonyl (C=O) groups is 1. The van der Waals surface area contributed by atoms with Gasteiger partial charge in [0.25, 0.3) is 0 Å². The normalized spacial score (nSPS) is 13.1. The molecule has 1 rings (SSSR count). The Morgan fingerprint density at radius 2 is 1.81 bits per heavy atom. The zero-order chi connectivity index (χ0) is 14.8. The van der Waals surface area contributed by atoms with Crippen LogP contribution >= 0.6 is 12.4 Å². The van der Waals surface area contributed by atoms with E-state index in [1.165, 1.54) is 6.42 Å². The van der Waals surface area contributed by atoms with Gasteiger partial charge in [-0.15, -0.1) is 12.4 Å². The van der Waals surface area contributed by atoms with Gasteiger partial charge in [0.15, 0.2) is 0 Å². The van der Waals surface area contributed by atoms with Crippen LogP contribution in [0.3, 0.4) is 0 Å². The first-order chi connectivity index (χ1) is 9.67. The molecule has 4 heteroatoms. The quantitative estimate of drug-likeness (QED) is 0.725. The zero-order valence-electron chi connectivity index (χ0n) is 13.2. The number of rotatable bonds is 9. The molecule has 0 bridgehead atoms. The van der Waals surface area contributed by atoms with Crippen molar-refractivity contribution in [2.24, 2.45) is 5.73 Å². The average Bonchev–Trinajstić information content (AvgIpc) is 2.45. The van der Waals surface area contributed by atoms with E-state index in [4.69, 9.17) is 5.73 Å². The van der Waals surface area contributed by atoms with Crippen molar-refractivity contribution in [3.8, 4) is 0 Å². The molecule has 0 saturated carbocycles. The number of nitrogens with one attached hydrogen (secondary N) is 1. The second-order valence-corrected chi connectivity index (χ2v) is 5.42. The maximum Gasteiger partial charge on any atom is 0.222 e. The Bertz CT molecular complexity index is 384. The van der Waals surface area contributed by atoms with Gasteiger partial charge in [-0.3, -0.25) is 4.79 Å². The second-order valence-electron chi connectivity index (χ2n) is 5.42. The van der Waals surface area contributed by atoms with Crippen molar-refractivity contribution in [3.05, 3.63) is 35.9 Å². The fourth-order valence-electron chi connectivity index (χ4n) is 2.39. The summed E-state index contributed by atoms with van der Waals surface area (Å²) in [5.74, 6) is 0.0657. The number of hydrogen-bond acceptors (Lipinski definition) is 2. The van der Waals surface area contributed by atoms with E-state index in [0.29, 0.717) is 12.5 Å². The van der Waals surface area contributed by atoms with Crippen LogP contribution < -0.4 is 11.1 Å². The summed E-state index contributed by atoms with van der Waals surface area (Å²) in [5.41, 5.74) is 7.10. The molecule has 3 nitrogen and oxygen atoms in total. The van der Waals surface area contributed by atoms with Gasteiger partial charge < -0.3 is 11.1 Å². The van der Waals surface area contributed by atoms with E-state index in [2.05, 4.69) is 19.2 Å². The average molecular weight is 313 g/mol. The van der Waals surface area contributed by atoms with Crippen LogP contribution in [0.4, 0.5) is 0 Å². The molecule has 0 saturated heterocycles. The van der Waals surface area contributed by atoms with Gasteiger partial charge >= 0.3 is 0 Å². The van der Waals surface area contributed by atoms with Crippen LogP contribution in [-0.4, -0.2) is 11.9 Å². The van der Waals surface area contributed by atoms with Gasteiger partial charge in [0.05, 0.1) is 0 Å². The first-order valence-electron chi connectivity index (χ1n) is 7.77. The highest BCUT2D eigenvalue weighted by Gasteiger charge is 2.15. The largest absolute Gasteiger partial charge is 0.353 e. The molecule has 0 radical (unpaired) electrons. The van der Waals surface area contributed by atoms with Crippen molar-refractivity contribution in [1.82, 2.24) is 5.32 Å². The van der Waals surface area contributed by atoms with E-state index in [1.54, 1.807) is 0 Å². The summed E-state index contributed by atoms with van der Waals surface area (Å²) in [5, 5.41) is 3.13. The van der Waals surface area contributed by atoms with Crippen LogP contribution in [0.5, 0.6) is 0 Å². The van der Waals surface area contributed by atoms with E-state index >= 15 is 0 Å². The van der Waals surface area contributed by atoms with Gasteiger partial charge in [-0.2, -0.15) is 0 Å². The molecule has 0 aromatic heterocycles. The molecule has 0 fully saturated rings. The fourth-order valence-corrected chi connectivity index (χ4v) is 2.39. The van der Waals surface area contributed by atoms with E-state index < -0.39 is 0 Å². The van der Waals surface area contributed by atoms with Crippen LogP contribution in [0.2, 0.25) is 0 Å². The summed E-state index contributed by atoms with van der Waals surface area (Å²) in [6.07, 6.45) is 5.90. The molecule has 3 N–H and O–H groups in total. The summed E-state index contributed by atoms with van der Waals surface area (Å²) in [4.78, 5) is 12.1. The summed E-state index contributed by atoms with van der Waals surface area (Å²) in [6, 6.07) is 9.89. The van der Waals surface area contributed by atoms with Gasteiger partial charge in [-0.1, -0.05) is 63.4 Å². The molecule has 0 aliphatic rings. The van der Waals surface area contributed by atoms with E-state index in [0.717, 1.165) is 31.2 Å². The van der Waals surface area contributed by atoms with Gasteiger partial charge in [-0.05, 0) is 18.4 Å². The summed E-state index contributed by atoms with van der Waals surface area (Å²) < 4.78 is 0. The molecule has 1 aromatic rings. The second kappa shape index (κ2) is 11.6. The maximum atomic E-state index is 12.1. The van der Waals surface area contributed by atoms with Gasteiger partial charge in [-0.25, -0.2) is 0 Å². The monoisotopic (exact) mass is 312 g/mol. The first kappa shape index (κ1) is 19.9. The molecule has 2 atom stereocenters. The predicted octanol–water partition coefficient (Wildman–Crippen LogP) is 3.97. The summed E-state index contributed by atoms with van der Waals surface area (Å²) >= 11 is 0. The van der Waals surface area contributed by atoms with Crippen molar-refractivity contribution < 1.29 is 4.79 Å². The summed E-state index contributed by atoms with van der Waals surface area (Å²) in [6.45, 7) is 4.33. The third-order valence-corrected chi connectivity index (χ3v) is 3.54. The molecule has 120 valence electrons. The minimum absolute atomic E-state index is 0. The van der Waals surface area contributed by atoms with Gasteiger partial charge in [0.2, 0.25) is 5.91 Å². The number of amides is 1. The Labute approximate surface area is 135 Å². The first-order valence-corrected chi connectivity index (χ1v) is 7.77. The third kappa shape index (κ3) is 8.08. The van der Waals surface area contributed by atoms with Crippen LogP contribution in [0.1, 0.15) is 64.0 Å². The van der Waals surface area contributed by atoms with E-state index in [9.17, 15) is 4.79 Å². The molecule has 0 spiro atoms. The van der Waals surface area contributed by atoms with Crippen molar-refractivity contribution in [2.45, 2.75) is 64.5 Å². The van der Waals surface area contributed by atoms with Crippen LogP contribution in [0.15, 0.2) is 30.3 Å². The third-order valence-electron chi connectivity index (χ3n) is 3.54. The highest BCUT2D eigenvalue weighted by Crippen LogP contribution is 2.14. The molecule has 0 heterocycles. The lowest BCUT2D eigenvalue weighted by Crippen LogP contribution is -2.36. The van der Waals surface area contributed by atoms with Crippen LogP contribution in [0.25, 0.3) is 0 Å². The number of unbranched alkanes of at least 4 members (excludes halogenated alkanes) is 1. The lowest BCUT2D eigenvalue weighted by Gasteiger charge is -2.19. The number of halogens is 1. The predicted molar refractivity (Wildman–Crippen MR) is 91.6 cm³/mol. The molecular formula is C17H29ClN2O. The van der Waals surface area contributed by atoms with Crippen LogP contribution in [-0.2, 0) is 4.79 Å². The highest BCUT2D eigenvalue weighted by atomic mass is 35.5. The Balaban J connectivity index is 0.00000400. The number of nitrogens with two attached hydrogens (primary N) is 1. The topological polar surface area (TPSA) is 55.1 Å². The van der Waals surface area contributed by atoms with Crippen LogP contribution in [0, 0.1) is 0 Å². The molecule has 21 heavy (non-hydrogen) atoms. The zero-order valence-corrected chi connectivity index (χ0v) is 14.0. The molecule has 0 aliphatic carbocycles.